The molecule has 16 heavy (non-hydrogen) atoms. The van der Waals surface area contributed by atoms with Crippen LogP contribution in [0.25, 0.3) is 0 Å². The molecule has 88 valence electrons. The molecule has 0 spiro atoms. The highest BCUT2D eigenvalue weighted by molar-refractivity contribution is 5.79. The summed E-state index contributed by atoms with van der Waals surface area (Å²) in [5, 5.41) is 2.85. The summed E-state index contributed by atoms with van der Waals surface area (Å²) in [6, 6.07) is -0.174. The average Bonchev–Trinajstić information content (AvgIpc) is 2.88. The number of carbonyl (C=O) groups is 1. The second-order valence-electron chi connectivity index (χ2n) is 3.93. The molecule has 0 bridgehead atoms. The van der Waals surface area contributed by atoms with Crippen LogP contribution in [0.2, 0.25) is 0 Å². The summed E-state index contributed by atoms with van der Waals surface area (Å²) in [6.07, 6.45) is 4.11. The van der Waals surface area contributed by atoms with Crippen molar-refractivity contribution in [1.82, 2.24) is 15.3 Å². The summed E-state index contributed by atoms with van der Waals surface area (Å²) < 4.78 is 5.14. The minimum atomic E-state index is -0.207. The zero-order chi connectivity index (χ0) is 11.4. The van der Waals surface area contributed by atoms with Crippen molar-refractivity contribution < 1.29 is 9.53 Å². The Kier molecular flexibility index (Phi) is 3.53. The van der Waals surface area contributed by atoms with Gasteiger partial charge in [0.15, 0.2) is 0 Å². The Morgan fingerprint density at radius 1 is 1.69 bits per heavy atom. The van der Waals surface area contributed by atoms with Gasteiger partial charge in [-0.15, -0.1) is 0 Å². The van der Waals surface area contributed by atoms with Crippen LogP contribution in [0.4, 0.5) is 0 Å². The molecule has 6 nitrogen and oxygen atoms in total. The minimum absolute atomic E-state index is 0.0236. The number of nitrogens with one attached hydrogen (secondary N) is 2. The molecule has 2 atom stereocenters. The van der Waals surface area contributed by atoms with Gasteiger partial charge in [-0.05, 0) is 0 Å². The first-order chi connectivity index (χ1) is 7.77. The third kappa shape index (κ3) is 2.59. The van der Waals surface area contributed by atoms with Crippen molar-refractivity contribution in [2.24, 2.45) is 11.7 Å². The van der Waals surface area contributed by atoms with Crippen LogP contribution in [0.1, 0.15) is 5.69 Å². The Bertz CT molecular complexity index is 339. The van der Waals surface area contributed by atoms with E-state index in [-0.39, 0.29) is 17.9 Å². The fourth-order valence-corrected chi connectivity index (χ4v) is 1.71. The maximum absolute atomic E-state index is 11.7. The summed E-state index contributed by atoms with van der Waals surface area (Å²) in [5.74, 6) is -0.230. The molecule has 6 heteroatoms. The molecule has 2 rings (SSSR count). The zero-order valence-corrected chi connectivity index (χ0v) is 8.98. The number of aromatic nitrogens is 2. The van der Waals surface area contributed by atoms with E-state index >= 15 is 0 Å². The number of hydrogen-bond acceptors (Lipinski definition) is 4. The molecule has 0 aliphatic carbocycles. The van der Waals surface area contributed by atoms with Crippen molar-refractivity contribution in [3.8, 4) is 0 Å². The lowest BCUT2D eigenvalue weighted by Gasteiger charge is -2.12. The lowest BCUT2D eigenvalue weighted by atomic mass is 10.0. The van der Waals surface area contributed by atoms with Crippen molar-refractivity contribution in [2.45, 2.75) is 12.5 Å². The van der Waals surface area contributed by atoms with Gasteiger partial charge in [-0.3, -0.25) is 4.79 Å². The number of H-pyrrole nitrogens is 1. The standard InChI is InChI=1S/C10H16N4O2/c11-9-5-16-4-8(9)10(15)13-2-1-7-3-12-6-14-7/h3,6,8-9H,1-2,4-5,11H2,(H,12,14)(H,13,15). The van der Waals surface area contributed by atoms with E-state index in [4.69, 9.17) is 10.5 Å². The number of rotatable bonds is 4. The second kappa shape index (κ2) is 5.09. The molecule has 1 amide bonds. The number of ether oxygens (including phenoxy) is 1. The Balaban J connectivity index is 1.71. The first-order valence-electron chi connectivity index (χ1n) is 5.35. The number of nitrogens with zero attached hydrogens (tertiary/aromatic N) is 1. The molecule has 0 radical (unpaired) electrons. The first kappa shape index (κ1) is 11.1. The molecule has 1 saturated heterocycles. The van der Waals surface area contributed by atoms with E-state index in [2.05, 4.69) is 15.3 Å². The predicted molar refractivity (Wildman–Crippen MR) is 57.6 cm³/mol. The van der Waals surface area contributed by atoms with E-state index in [1.807, 2.05) is 0 Å². The molecule has 1 aliphatic rings. The van der Waals surface area contributed by atoms with Gasteiger partial charge in [-0.25, -0.2) is 4.98 Å². The molecule has 1 aromatic rings. The fraction of sp³-hybridized carbons (Fsp3) is 0.600. The van der Waals surface area contributed by atoms with E-state index in [1.165, 1.54) is 0 Å². The maximum atomic E-state index is 11.7. The molecule has 2 heterocycles. The first-order valence-corrected chi connectivity index (χ1v) is 5.35. The van der Waals surface area contributed by atoms with Crippen molar-refractivity contribution in [3.63, 3.8) is 0 Å². The van der Waals surface area contributed by atoms with Gasteiger partial charge in [-0.2, -0.15) is 0 Å². The number of aromatic amines is 1. The molecule has 4 N–H and O–H groups in total. The van der Waals surface area contributed by atoms with Gasteiger partial charge in [0.05, 0.1) is 25.5 Å². The number of carbonyl (C=O) groups excluding carboxylic acids is 1. The monoisotopic (exact) mass is 224 g/mol. The lowest BCUT2D eigenvalue weighted by Crippen LogP contribution is -2.41. The SMILES string of the molecule is NC1COCC1C(=O)NCCc1cnc[nH]1. The van der Waals surface area contributed by atoms with Crippen LogP contribution in [0.15, 0.2) is 12.5 Å². The summed E-state index contributed by atoms with van der Waals surface area (Å²) in [7, 11) is 0. The Morgan fingerprint density at radius 2 is 2.56 bits per heavy atom. The summed E-state index contributed by atoms with van der Waals surface area (Å²) in [4.78, 5) is 18.6. The number of hydrogen-bond donors (Lipinski definition) is 3. The smallest absolute Gasteiger partial charge is 0.227 e. The highest BCUT2D eigenvalue weighted by Gasteiger charge is 2.30. The molecule has 0 aromatic carbocycles. The molecular formula is C10H16N4O2. The molecule has 1 fully saturated rings. The third-order valence-electron chi connectivity index (χ3n) is 2.71. The van der Waals surface area contributed by atoms with E-state index in [0.29, 0.717) is 19.8 Å². The molecule has 1 aliphatic heterocycles. The van der Waals surface area contributed by atoms with Gasteiger partial charge in [0.2, 0.25) is 5.91 Å². The Morgan fingerprint density at radius 3 is 3.19 bits per heavy atom. The van der Waals surface area contributed by atoms with Crippen LogP contribution < -0.4 is 11.1 Å². The summed E-state index contributed by atoms with van der Waals surface area (Å²) in [6.45, 7) is 1.49. The summed E-state index contributed by atoms with van der Waals surface area (Å²) in [5.41, 5.74) is 6.75. The highest BCUT2D eigenvalue weighted by Crippen LogP contribution is 2.11. The molecule has 0 saturated carbocycles. The minimum Gasteiger partial charge on any atom is -0.379 e. The van der Waals surface area contributed by atoms with Gasteiger partial charge < -0.3 is 20.8 Å². The largest absolute Gasteiger partial charge is 0.379 e. The van der Waals surface area contributed by atoms with Gasteiger partial charge in [0, 0.05) is 30.9 Å². The number of nitrogens with two attached hydrogens (primary N) is 1. The summed E-state index contributed by atoms with van der Waals surface area (Å²) >= 11 is 0. The average molecular weight is 224 g/mol. The van der Waals surface area contributed by atoms with E-state index in [0.717, 1.165) is 12.1 Å². The van der Waals surface area contributed by atoms with Crippen molar-refractivity contribution >= 4 is 5.91 Å². The lowest BCUT2D eigenvalue weighted by molar-refractivity contribution is -0.125. The maximum Gasteiger partial charge on any atom is 0.227 e. The van der Waals surface area contributed by atoms with Crippen molar-refractivity contribution in [3.05, 3.63) is 18.2 Å². The quantitative estimate of drug-likeness (QED) is 0.614. The van der Waals surface area contributed by atoms with Gasteiger partial charge >= 0.3 is 0 Å². The van der Waals surface area contributed by atoms with E-state index in [9.17, 15) is 4.79 Å². The van der Waals surface area contributed by atoms with Gasteiger partial charge in [0.25, 0.3) is 0 Å². The highest BCUT2D eigenvalue weighted by atomic mass is 16.5. The van der Waals surface area contributed by atoms with Gasteiger partial charge in [-0.1, -0.05) is 0 Å². The van der Waals surface area contributed by atoms with Crippen LogP contribution in [0, 0.1) is 5.92 Å². The van der Waals surface area contributed by atoms with Crippen LogP contribution in [0.5, 0.6) is 0 Å². The molecular weight excluding hydrogens is 208 g/mol. The third-order valence-corrected chi connectivity index (χ3v) is 2.71. The van der Waals surface area contributed by atoms with Crippen molar-refractivity contribution in [1.29, 1.82) is 0 Å². The fourth-order valence-electron chi connectivity index (χ4n) is 1.71. The van der Waals surface area contributed by atoms with E-state index < -0.39 is 0 Å². The van der Waals surface area contributed by atoms with Crippen LogP contribution in [0.3, 0.4) is 0 Å². The number of imidazole rings is 1. The Labute approximate surface area is 93.6 Å². The van der Waals surface area contributed by atoms with Crippen LogP contribution in [-0.2, 0) is 16.0 Å². The van der Waals surface area contributed by atoms with Gasteiger partial charge in [0.1, 0.15) is 0 Å². The van der Waals surface area contributed by atoms with Crippen LogP contribution in [-0.4, -0.2) is 41.7 Å². The molecule has 1 aromatic heterocycles. The van der Waals surface area contributed by atoms with Crippen molar-refractivity contribution in [2.75, 3.05) is 19.8 Å². The number of amides is 1. The van der Waals surface area contributed by atoms with Crippen LogP contribution >= 0.6 is 0 Å². The topological polar surface area (TPSA) is 93.0 Å². The Hall–Kier alpha value is -1.40. The molecule has 2 unspecified atom stereocenters. The second-order valence-corrected chi connectivity index (χ2v) is 3.93. The normalized spacial score (nSPS) is 24.6. The van der Waals surface area contributed by atoms with E-state index in [1.54, 1.807) is 12.5 Å². The predicted octanol–water partition coefficient (Wildman–Crippen LogP) is -0.958. The zero-order valence-electron chi connectivity index (χ0n) is 8.98.